The van der Waals surface area contributed by atoms with E-state index < -0.39 is 0 Å². The van der Waals surface area contributed by atoms with Crippen molar-refractivity contribution >= 4 is 5.97 Å². The van der Waals surface area contributed by atoms with Gasteiger partial charge in [-0.2, -0.15) is 0 Å². The Hall–Kier alpha value is -0.610. The zero-order valence-electron chi connectivity index (χ0n) is 13.7. The zero-order chi connectivity index (χ0) is 15.1. The van der Waals surface area contributed by atoms with E-state index in [-0.39, 0.29) is 41.3 Å². The van der Waals surface area contributed by atoms with Crippen LogP contribution in [-0.2, 0) is 14.3 Å². The molecule has 0 aromatic rings. The monoisotopic (exact) mass is 283 g/mol. The average molecular weight is 283 g/mol. The summed E-state index contributed by atoms with van der Waals surface area (Å²) in [6.07, 6.45) is 2.62. The molecule has 4 nitrogen and oxygen atoms in total. The molecule has 0 aromatic carbocycles. The standard InChI is InChI=1S/C16H29NO3/c1-10-7-13(11(2)19-10)14(18)20-12-8-15(3,4)17-16(5,6)9-12/h10-13,17H,7-9H2,1-6H3. The quantitative estimate of drug-likeness (QED) is 0.792. The van der Waals surface area contributed by atoms with E-state index in [4.69, 9.17) is 9.47 Å². The van der Waals surface area contributed by atoms with Gasteiger partial charge in [0.05, 0.1) is 18.1 Å². The maximum atomic E-state index is 12.4. The molecular weight excluding hydrogens is 254 g/mol. The molecule has 0 aromatic heterocycles. The largest absolute Gasteiger partial charge is 0.462 e. The number of ether oxygens (including phenoxy) is 2. The minimum absolute atomic E-state index is 0.00220. The topological polar surface area (TPSA) is 47.6 Å². The van der Waals surface area contributed by atoms with Crippen LogP contribution in [0.5, 0.6) is 0 Å². The number of carbonyl (C=O) groups excluding carboxylic acids is 1. The number of hydrogen-bond acceptors (Lipinski definition) is 4. The van der Waals surface area contributed by atoms with Crippen LogP contribution in [0.1, 0.15) is 60.8 Å². The van der Waals surface area contributed by atoms with Gasteiger partial charge in [0.25, 0.3) is 0 Å². The Morgan fingerprint density at radius 1 is 1.15 bits per heavy atom. The molecule has 1 N–H and O–H groups in total. The zero-order valence-corrected chi connectivity index (χ0v) is 13.7. The van der Waals surface area contributed by atoms with E-state index in [1.54, 1.807) is 0 Å². The first-order valence-corrected chi connectivity index (χ1v) is 7.73. The van der Waals surface area contributed by atoms with E-state index in [2.05, 4.69) is 33.0 Å². The second-order valence-corrected chi connectivity index (χ2v) is 7.85. The second kappa shape index (κ2) is 5.30. The van der Waals surface area contributed by atoms with Crippen LogP contribution in [0.3, 0.4) is 0 Å². The van der Waals surface area contributed by atoms with Gasteiger partial charge < -0.3 is 14.8 Å². The van der Waals surface area contributed by atoms with Crippen molar-refractivity contribution in [3.8, 4) is 0 Å². The van der Waals surface area contributed by atoms with Crippen molar-refractivity contribution in [1.82, 2.24) is 5.32 Å². The van der Waals surface area contributed by atoms with Gasteiger partial charge in [-0.3, -0.25) is 4.79 Å². The van der Waals surface area contributed by atoms with Crippen LogP contribution in [0.15, 0.2) is 0 Å². The molecule has 2 aliphatic heterocycles. The lowest BCUT2D eigenvalue weighted by atomic mass is 9.81. The summed E-state index contributed by atoms with van der Waals surface area (Å²) in [6.45, 7) is 12.6. The van der Waals surface area contributed by atoms with Crippen molar-refractivity contribution in [2.75, 3.05) is 0 Å². The molecule has 3 atom stereocenters. The van der Waals surface area contributed by atoms with Crippen molar-refractivity contribution in [3.63, 3.8) is 0 Å². The molecule has 4 heteroatoms. The van der Waals surface area contributed by atoms with Crippen molar-refractivity contribution in [2.24, 2.45) is 5.92 Å². The molecule has 0 aliphatic carbocycles. The molecule has 2 aliphatic rings. The lowest BCUT2D eigenvalue weighted by molar-refractivity contribution is -0.159. The highest BCUT2D eigenvalue weighted by molar-refractivity contribution is 5.73. The SMILES string of the molecule is CC1CC(C(=O)OC2CC(C)(C)NC(C)(C)C2)C(C)O1. The van der Waals surface area contributed by atoms with Crippen molar-refractivity contribution in [1.29, 1.82) is 0 Å². The van der Waals surface area contributed by atoms with Gasteiger partial charge in [-0.25, -0.2) is 0 Å². The first-order chi connectivity index (χ1) is 9.08. The Morgan fingerprint density at radius 3 is 2.15 bits per heavy atom. The summed E-state index contributed by atoms with van der Waals surface area (Å²) in [5.41, 5.74) is -0.00440. The van der Waals surface area contributed by atoms with Crippen LogP contribution in [0.4, 0.5) is 0 Å². The first-order valence-electron chi connectivity index (χ1n) is 7.73. The first kappa shape index (κ1) is 15.8. The highest BCUT2D eigenvalue weighted by Crippen LogP contribution is 2.33. The normalized spacial score (nSPS) is 36.8. The molecule has 2 saturated heterocycles. The smallest absolute Gasteiger partial charge is 0.311 e. The summed E-state index contributed by atoms with van der Waals surface area (Å²) in [5.74, 6) is -0.188. The van der Waals surface area contributed by atoms with Gasteiger partial charge in [-0.15, -0.1) is 0 Å². The maximum absolute atomic E-state index is 12.4. The fourth-order valence-electron chi connectivity index (χ4n) is 3.92. The van der Waals surface area contributed by atoms with Crippen molar-refractivity contribution < 1.29 is 14.3 Å². The van der Waals surface area contributed by atoms with Crippen LogP contribution in [0.2, 0.25) is 0 Å². The Bertz CT molecular complexity index is 362. The van der Waals surface area contributed by atoms with E-state index in [9.17, 15) is 4.79 Å². The summed E-state index contributed by atoms with van der Waals surface area (Å²) < 4.78 is 11.5. The van der Waals surface area contributed by atoms with Crippen molar-refractivity contribution in [3.05, 3.63) is 0 Å². The Kier molecular flexibility index (Phi) is 4.18. The number of nitrogens with one attached hydrogen (secondary N) is 1. The minimum atomic E-state index is -0.105. The van der Waals surface area contributed by atoms with Crippen LogP contribution >= 0.6 is 0 Å². The van der Waals surface area contributed by atoms with E-state index >= 15 is 0 Å². The molecular formula is C16H29NO3. The molecule has 0 saturated carbocycles. The number of piperidine rings is 1. The van der Waals surface area contributed by atoms with Gasteiger partial charge in [0, 0.05) is 23.9 Å². The van der Waals surface area contributed by atoms with Gasteiger partial charge in [-0.1, -0.05) is 0 Å². The Balaban J connectivity index is 1.97. The molecule has 0 radical (unpaired) electrons. The van der Waals surface area contributed by atoms with Gasteiger partial charge >= 0.3 is 5.97 Å². The minimum Gasteiger partial charge on any atom is -0.462 e. The van der Waals surface area contributed by atoms with Gasteiger partial charge in [-0.05, 0) is 48.0 Å². The molecule has 116 valence electrons. The molecule has 0 bridgehead atoms. The summed E-state index contributed by atoms with van der Waals surface area (Å²) in [5, 5.41) is 3.60. The lowest BCUT2D eigenvalue weighted by Crippen LogP contribution is -2.59. The lowest BCUT2D eigenvalue weighted by Gasteiger charge is -2.46. The highest BCUT2D eigenvalue weighted by Gasteiger charge is 2.42. The van der Waals surface area contributed by atoms with Crippen LogP contribution in [-0.4, -0.2) is 35.4 Å². The molecule has 0 amide bonds. The molecule has 2 rings (SSSR count). The van der Waals surface area contributed by atoms with Gasteiger partial charge in [0.15, 0.2) is 0 Å². The van der Waals surface area contributed by atoms with E-state index in [0.717, 1.165) is 19.3 Å². The summed E-state index contributed by atoms with van der Waals surface area (Å²) in [6, 6.07) is 0. The molecule has 2 fully saturated rings. The third kappa shape index (κ3) is 3.73. The summed E-state index contributed by atoms with van der Waals surface area (Å²) >= 11 is 0. The number of rotatable bonds is 2. The molecule has 0 spiro atoms. The fraction of sp³-hybridized carbons (Fsp3) is 0.938. The summed E-state index contributed by atoms with van der Waals surface area (Å²) in [4.78, 5) is 12.4. The van der Waals surface area contributed by atoms with Gasteiger partial charge in [0.2, 0.25) is 0 Å². The number of esters is 1. The average Bonchev–Trinajstić information content (AvgIpc) is 2.52. The number of hydrogen-bond donors (Lipinski definition) is 1. The third-order valence-corrected chi connectivity index (χ3v) is 4.34. The Morgan fingerprint density at radius 2 is 1.70 bits per heavy atom. The fourth-order valence-corrected chi connectivity index (χ4v) is 3.92. The van der Waals surface area contributed by atoms with Crippen molar-refractivity contribution in [2.45, 2.75) is 90.2 Å². The van der Waals surface area contributed by atoms with E-state index in [0.29, 0.717) is 0 Å². The predicted octanol–water partition coefficient (Wildman–Crippen LogP) is 2.65. The number of carbonyl (C=O) groups is 1. The molecule has 2 heterocycles. The molecule has 20 heavy (non-hydrogen) atoms. The van der Waals surface area contributed by atoms with Crippen LogP contribution in [0, 0.1) is 5.92 Å². The Labute approximate surface area is 122 Å². The molecule has 3 unspecified atom stereocenters. The second-order valence-electron chi connectivity index (χ2n) is 7.85. The van der Waals surface area contributed by atoms with Crippen LogP contribution < -0.4 is 5.32 Å². The van der Waals surface area contributed by atoms with E-state index in [1.807, 2.05) is 13.8 Å². The van der Waals surface area contributed by atoms with E-state index in [1.165, 1.54) is 0 Å². The maximum Gasteiger partial charge on any atom is 0.311 e. The van der Waals surface area contributed by atoms with Crippen LogP contribution in [0.25, 0.3) is 0 Å². The summed E-state index contributed by atoms with van der Waals surface area (Å²) in [7, 11) is 0. The van der Waals surface area contributed by atoms with Gasteiger partial charge in [0.1, 0.15) is 6.10 Å². The highest BCUT2D eigenvalue weighted by atomic mass is 16.6. The third-order valence-electron chi connectivity index (χ3n) is 4.34. The predicted molar refractivity (Wildman–Crippen MR) is 78.5 cm³/mol.